The molecule has 0 radical (unpaired) electrons. The van der Waals surface area contributed by atoms with Gasteiger partial charge in [-0.15, -0.1) is 0 Å². The third-order valence-electron chi connectivity index (χ3n) is 4.46. The summed E-state index contributed by atoms with van der Waals surface area (Å²) in [6, 6.07) is 2.91. The monoisotopic (exact) mass is 346 g/mol. The molecule has 0 unspecified atom stereocenters. The molecule has 2 atom stereocenters. The van der Waals surface area contributed by atoms with Gasteiger partial charge in [0.15, 0.2) is 0 Å². The van der Waals surface area contributed by atoms with Crippen molar-refractivity contribution in [3.63, 3.8) is 0 Å². The van der Waals surface area contributed by atoms with Crippen LogP contribution >= 0.6 is 0 Å². The largest absolute Gasteiger partial charge is 0.383 e. The number of carbonyl (C=O) groups is 1. The molecule has 0 bridgehead atoms. The van der Waals surface area contributed by atoms with Crippen LogP contribution in [0.3, 0.4) is 0 Å². The van der Waals surface area contributed by atoms with E-state index >= 15 is 0 Å². The van der Waals surface area contributed by atoms with Gasteiger partial charge in [0.05, 0.1) is 36.2 Å². The van der Waals surface area contributed by atoms with E-state index in [0.717, 1.165) is 6.42 Å². The minimum Gasteiger partial charge on any atom is -0.383 e. The summed E-state index contributed by atoms with van der Waals surface area (Å²) in [5.41, 5.74) is 0.849. The number of carbonyl (C=O) groups excluding carboxylic acids is 1. The molecular formula is C17H22N4O4. The molecule has 8 heteroatoms. The molecule has 2 aromatic rings. The average Bonchev–Trinajstić information content (AvgIpc) is 3.21. The summed E-state index contributed by atoms with van der Waals surface area (Å²) in [5.74, 6) is -0.140. The Hall–Kier alpha value is -2.45. The van der Waals surface area contributed by atoms with Crippen LogP contribution in [0.1, 0.15) is 16.8 Å². The normalized spacial score (nSPS) is 20.2. The lowest BCUT2D eigenvalue weighted by atomic mass is 10.2. The van der Waals surface area contributed by atoms with E-state index in [1.165, 1.54) is 10.6 Å². The van der Waals surface area contributed by atoms with Crippen molar-refractivity contribution in [1.29, 1.82) is 0 Å². The molecule has 0 saturated carbocycles. The van der Waals surface area contributed by atoms with E-state index in [1.807, 2.05) is 0 Å². The highest BCUT2D eigenvalue weighted by Gasteiger charge is 2.35. The number of ether oxygens (including phenoxy) is 2. The predicted molar refractivity (Wildman–Crippen MR) is 90.9 cm³/mol. The number of aromatic nitrogens is 3. The number of hydrogen-bond donors (Lipinski definition) is 0. The third-order valence-corrected chi connectivity index (χ3v) is 4.46. The van der Waals surface area contributed by atoms with Crippen LogP contribution in [0.25, 0.3) is 5.69 Å². The molecule has 2 aromatic heterocycles. The number of likely N-dealkylation sites (tertiary alicyclic amines) is 1. The van der Waals surface area contributed by atoms with E-state index in [4.69, 9.17) is 9.47 Å². The first kappa shape index (κ1) is 17.4. The topological polar surface area (TPSA) is 78.6 Å². The first-order valence-electron chi connectivity index (χ1n) is 8.08. The molecule has 134 valence electrons. The van der Waals surface area contributed by atoms with Gasteiger partial charge >= 0.3 is 0 Å². The summed E-state index contributed by atoms with van der Waals surface area (Å²) in [4.78, 5) is 26.9. The first-order chi connectivity index (χ1) is 12.0. The fourth-order valence-corrected chi connectivity index (χ4v) is 3.16. The maximum Gasteiger partial charge on any atom is 0.255 e. The zero-order valence-electron chi connectivity index (χ0n) is 14.6. The summed E-state index contributed by atoms with van der Waals surface area (Å²) in [7, 11) is 5.03. The first-order valence-corrected chi connectivity index (χ1v) is 8.08. The van der Waals surface area contributed by atoms with Gasteiger partial charge in [-0.1, -0.05) is 0 Å². The summed E-state index contributed by atoms with van der Waals surface area (Å²) in [6.07, 6.45) is 5.60. The highest BCUT2D eigenvalue weighted by Crippen LogP contribution is 2.22. The number of aryl methyl sites for hydroxylation is 1. The van der Waals surface area contributed by atoms with E-state index in [1.54, 1.807) is 55.5 Å². The van der Waals surface area contributed by atoms with Gasteiger partial charge in [0.1, 0.15) is 0 Å². The molecule has 3 heterocycles. The molecule has 1 aliphatic rings. The van der Waals surface area contributed by atoms with Crippen LogP contribution in [-0.4, -0.2) is 64.7 Å². The van der Waals surface area contributed by atoms with Crippen molar-refractivity contribution in [3.8, 4) is 5.69 Å². The van der Waals surface area contributed by atoms with E-state index in [2.05, 4.69) is 5.10 Å². The zero-order valence-corrected chi connectivity index (χ0v) is 14.6. The number of pyridine rings is 1. The van der Waals surface area contributed by atoms with Gasteiger partial charge in [0.25, 0.3) is 11.5 Å². The molecule has 0 spiro atoms. The van der Waals surface area contributed by atoms with Crippen molar-refractivity contribution in [2.24, 2.45) is 7.05 Å². The van der Waals surface area contributed by atoms with E-state index in [-0.39, 0.29) is 23.6 Å². The average molecular weight is 346 g/mol. The fourth-order valence-electron chi connectivity index (χ4n) is 3.16. The molecule has 1 aliphatic heterocycles. The van der Waals surface area contributed by atoms with Gasteiger partial charge in [-0.2, -0.15) is 5.10 Å². The molecule has 1 amide bonds. The highest BCUT2D eigenvalue weighted by atomic mass is 16.5. The fraction of sp³-hybridized carbons (Fsp3) is 0.471. The highest BCUT2D eigenvalue weighted by molar-refractivity contribution is 5.94. The lowest BCUT2D eigenvalue weighted by Crippen LogP contribution is -2.39. The minimum atomic E-state index is -0.214. The second-order valence-electron chi connectivity index (χ2n) is 6.16. The smallest absolute Gasteiger partial charge is 0.255 e. The van der Waals surface area contributed by atoms with Crippen LogP contribution in [-0.2, 0) is 16.5 Å². The Morgan fingerprint density at radius 2 is 2.12 bits per heavy atom. The van der Waals surface area contributed by atoms with Crippen LogP contribution in [0.4, 0.5) is 0 Å². The predicted octanol–water partition coefficient (Wildman–Crippen LogP) is 0.447. The number of nitrogens with zero attached hydrogens (tertiary/aromatic N) is 4. The van der Waals surface area contributed by atoms with Crippen LogP contribution in [0.2, 0.25) is 0 Å². The molecular weight excluding hydrogens is 324 g/mol. The summed E-state index contributed by atoms with van der Waals surface area (Å²) in [6.45, 7) is 0.962. The standard InChI is InChI=1S/C17H22N4O4/c1-19-9-14(7-18-19)20-8-12(4-5-16(20)22)17(23)21-10-15(25-3)6-13(21)11-24-2/h4-5,7-9,13,15H,6,10-11H2,1-3H3/t13-,15-/m0/s1. The summed E-state index contributed by atoms with van der Waals surface area (Å²) in [5, 5.41) is 4.07. The van der Waals surface area contributed by atoms with Gasteiger partial charge in [-0.3, -0.25) is 18.8 Å². The molecule has 1 fully saturated rings. The second kappa shape index (κ2) is 7.20. The molecule has 1 saturated heterocycles. The Bertz CT molecular complexity index is 813. The van der Waals surface area contributed by atoms with Crippen LogP contribution in [0.5, 0.6) is 0 Å². The Morgan fingerprint density at radius 1 is 1.32 bits per heavy atom. The van der Waals surface area contributed by atoms with Crippen LogP contribution in [0, 0.1) is 0 Å². The second-order valence-corrected chi connectivity index (χ2v) is 6.16. The third kappa shape index (κ3) is 3.49. The zero-order chi connectivity index (χ0) is 18.0. The van der Waals surface area contributed by atoms with Crippen molar-refractivity contribution in [2.75, 3.05) is 27.4 Å². The van der Waals surface area contributed by atoms with Crippen LogP contribution in [0.15, 0.2) is 35.5 Å². The maximum atomic E-state index is 13.0. The number of hydrogen-bond acceptors (Lipinski definition) is 5. The lowest BCUT2D eigenvalue weighted by Gasteiger charge is -2.24. The van der Waals surface area contributed by atoms with Crippen molar-refractivity contribution in [2.45, 2.75) is 18.6 Å². The van der Waals surface area contributed by atoms with Crippen LogP contribution < -0.4 is 5.56 Å². The molecule has 25 heavy (non-hydrogen) atoms. The summed E-state index contributed by atoms with van der Waals surface area (Å²) < 4.78 is 13.7. The Balaban J connectivity index is 1.90. The van der Waals surface area contributed by atoms with Crippen molar-refractivity contribution in [1.82, 2.24) is 19.2 Å². The van der Waals surface area contributed by atoms with Gasteiger partial charge in [0.2, 0.25) is 0 Å². The molecule has 0 N–H and O–H groups in total. The minimum absolute atomic E-state index is 0.00618. The van der Waals surface area contributed by atoms with E-state index in [0.29, 0.717) is 24.4 Å². The van der Waals surface area contributed by atoms with Crippen molar-refractivity contribution < 1.29 is 14.3 Å². The van der Waals surface area contributed by atoms with Crippen molar-refractivity contribution in [3.05, 3.63) is 46.6 Å². The lowest BCUT2D eigenvalue weighted by molar-refractivity contribution is 0.0611. The van der Waals surface area contributed by atoms with Gasteiger partial charge < -0.3 is 14.4 Å². The van der Waals surface area contributed by atoms with Gasteiger partial charge in [0, 0.05) is 46.3 Å². The molecule has 0 aromatic carbocycles. The molecule has 3 rings (SSSR count). The Labute approximate surface area is 145 Å². The number of methoxy groups -OCH3 is 2. The molecule has 0 aliphatic carbocycles. The van der Waals surface area contributed by atoms with Crippen molar-refractivity contribution >= 4 is 5.91 Å². The maximum absolute atomic E-state index is 13.0. The van der Waals surface area contributed by atoms with Gasteiger partial charge in [-0.05, 0) is 12.5 Å². The molecule has 8 nitrogen and oxygen atoms in total. The summed E-state index contributed by atoms with van der Waals surface area (Å²) >= 11 is 0. The Kier molecular flexibility index (Phi) is 5.00. The van der Waals surface area contributed by atoms with Gasteiger partial charge in [-0.25, -0.2) is 0 Å². The van der Waals surface area contributed by atoms with E-state index in [9.17, 15) is 9.59 Å². The Morgan fingerprint density at radius 3 is 2.76 bits per heavy atom. The van der Waals surface area contributed by atoms with E-state index < -0.39 is 0 Å². The number of amides is 1. The quantitative estimate of drug-likeness (QED) is 0.785. The number of rotatable bonds is 5. The SMILES string of the molecule is COC[C@@H]1C[C@H](OC)CN1C(=O)c1ccc(=O)n(-c2cnn(C)c2)c1.